The molecule has 0 spiro atoms. The van der Waals surface area contributed by atoms with Gasteiger partial charge in [-0.3, -0.25) is 4.57 Å². The van der Waals surface area contributed by atoms with Crippen molar-refractivity contribution in [2.45, 2.75) is 0 Å². The van der Waals surface area contributed by atoms with Crippen molar-refractivity contribution in [3.63, 3.8) is 0 Å². The van der Waals surface area contributed by atoms with Gasteiger partial charge in [0, 0.05) is 82.3 Å². The molecule has 0 unspecified atom stereocenters. The number of aryl methyl sites for hydroxylation is 1. The molecule has 1 aliphatic rings. The Morgan fingerprint density at radius 2 is 1.20 bits per heavy atom. The molecule has 8 aromatic rings. The van der Waals surface area contributed by atoms with Crippen LogP contribution < -0.4 is 14.5 Å². The molecule has 216 valence electrons. The van der Waals surface area contributed by atoms with E-state index in [4.69, 9.17) is 9.72 Å². The Balaban J connectivity index is 1.09. The SMILES string of the molecule is Cn1c2ccccc2c2cnc(-n3c4ccccc4c4ccc(Oc5cccc(N6C=CN(c7ccccc7)C6)c5)cc43)cc21. The third kappa shape index (κ3) is 4.14. The summed E-state index contributed by atoms with van der Waals surface area (Å²) in [5, 5.41) is 4.71. The van der Waals surface area contributed by atoms with Crippen molar-refractivity contribution in [1.29, 1.82) is 0 Å². The van der Waals surface area contributed by atoms with E-state index in [0.717, 1.165) is 57.0 Å². The van der Waals surface area contributed by atoms with Gasteiger partial charge in [0.1, 0.15) is 17.3 Å². The quantitative estimate of drug-likeness (QED) is 0.202. The first-order valence-corrected chi connectivity index (χ1v) is 15.1. The molecular weight excluding hydrogens is 554 g/mol. The maximum atomic E-state index is 6.51. The summed E-state index contributed by atoms with van der Waals surface area (Å²) in [6.45, 7) is 0.744. The highest BCUT2D eigenvalue weighted by Crippen LogP contribution is 2.37. The minimum absolute atomic E-state index is 0.744. The Morgan fingerprint density at radius 1 is 0.533 bits per heavy atom. The van der Waals surface area contributed by atoms with Crippen LogP contribution in [0.15, 0.2) is 146 Å². The summed E-state index contributed by atoms with van der Waals surface area (Å²) >= 11 is 0. The van der Waals surface area contributed by atoms with Crippen molar-refractivity contribution >= 4 is 55.0 Å². The molecule has 3 aromatic heterocycles. The molecule has 9 rings (SSSR count). The van der Waals surface area contributed by atoms with E-state index in [9.17, 15) is 0 Å². The average molecular weight is 584 g/mol. The first-order chi connectivity index (χ1) is 22.2. The lowest BCUT2D eigenvalue weighted by Gasteiger charge is -2.22. The second kappa shape index (κ2) is 10.0. The van der Waals surface area contributed by atoms with E-state index in [1.807, 2.05) is 24.4 Å². The van der Waals surface area contributed by atoms with Crippen LogP contribution >= 0.6 is 0 Å². The molecule has 5 aromatic carbocycles. The highest BCUT2D eigenvalue weighted by atomic mass is 16.5. The van der Waals surface area contributed by atoms with Crippen LogP contribution in [-0.2, 0) is 7.05 Å². The molecule has 0 fully saturated rings. The zero-order valence-corrected chi connectivity index (χ0v) is 24.7. The minimum Gasteiger partial charge on any atom is -0.457 e. The predicted molar refractivity (Wildman–Crippen MR) is 184 cm³/mol. The molecule has 1 aliphatic heterocycles. The van der Waals surface area contributed by atoms with Gasteiger partial charge in [-0.2, -0.15) is 0 Å². The topological polar surface area (TPSA) is 38.5 Å². The summed E-state index contributed by atoms with van der Waals surface area (Å²) in [6.07, 6.45) is 6.22. The fraction of sp³-hybridized carbons (Fsp3) is 0.0513. The Morgan fingerprint density at radius 3 is 2.04 bits per heavy atom. The Bertz CT molecular complexity index is 2420. The van der Waals surface area contributed by atoms with Gasteiger partial charge in [0.25, 0.3) is 0 Å². The lowest BCUT2D eigenvalue weighted by Crippen LogP contribution is -2.24. The first kappa shape index (κ1) is 25.5. The van der Waals surface area contributed by atoms with E-state index in [1.165, 1.54) is 22.0 Å². The molecule has 0 aliphatic carbocycles. The number of fused-ring (bicyclic) bond motifs is 6. The maximum absolute atomic E-state index is 6.51. The maximum Gasteiger partial charge on any atom is 0.139 e. The first-order valence-electron chi connectivity index (χ1n) is 15.1. The molecule has 4 heterocycles. The van der Waals surface area contributed by atoms with Gasteiger partial charge in [-0.05, 0) is 48.5 Å². The van der Waals surface area contributed by atoms with Crippen LogP contribution in [0.25, 0.3) is 49.4 Å². The smallest absolute Gasteiger partial charge is 0.139 e. The molecule has 6 heteroatoms. The van der Waals surface area contributed by atoms with Crippen molar-refractivity contribution in [2.24, 2.45) is 7.05 Å². The normalized spacial score (nSPS) is 13.2. The Hall–Kier alpha value is -6.01. The third-order valence-electron chi connectivity index (χ3n) is 8.86. The zero-order valence-electron chi connectivity index (χ0n) is 24.7. The molecule has 45 heavy (non-hydrogen) atoms. The monoisotopic (exact) mass is 583 g/mol. The van der Waals surface area contributed by atoms with E-state index >= 15 is 0 Å². The van der Waals surface area contributed by atoms with Gasteiger partial charge in [0.15, 0.2) is 0 Å². The summed E-state index contributed by atoms with van der Waals surface area (Å²) in [5.74, 6) is 2.44. The number of hydrogen-bond acceptors (Lipinski definition) is 4. The van der Waals surface area contributed by atoms with Crippen LogP contribution in [0.5, 0.6) is 11.5 Å². The highest BCUT2D eigenvalue weighted by molar-refractivity contribution is 6.11. The van der Waals surface area contributed by atoms with Crippen molar-refractivity contribution < 1.29 is 4.74 Å². The van der Waals surface area contributed by atoms with Crippen LogP contribution in [0.1, 0.15) is 0 Å². The number of ether oxygens (including phenoxy) is 1. The third-order valence-corrected chi connectivity index (χ3v) is 8.86. The number of aromatic nitrogens is 3. The van der Waals surface area contributed by atoms with Crippen LogP contribution in [0.4, 0.5) is 11.4 Å². The largest absolute Gasteiger partial charge is 0.457 e. The summed E-state index contributed by atoms with van der Waals surface area (Å²) in [5.41, 5.74) is 6.76. The molecule has 0 saturated carbocycles. The molecular formula is C39H29N5O. The number of rotatable bonds is 5. The van der Waals surface area contributed by atoms with E-state index in [2.05, 4.69) is 148 Å². The molecule has 0 bridgehead atoms. The fourth-order valence-corrected chi connectivity index (χ4v) is 6.66. The standard InChI is InChI=1S/C39H29N5O/c1-41-35-16-7-5-15-32(35)34-25-40-39(24-37(34)41)44-36-17-8-6-14-31(36)33-19-18-30(23-38(33)44)45-29-13-9-12-28(22-29)43-21-20-42(26-43)27-10-3-2-4-11-27/h2-25H,26H2,1H3. The van der Waals surface area contributed by atoms with Crippen LogP contribution in [-0.4, -0.2) is 20.8 Å². The molecule has 0 saturated heterocycles. The second-order valence-corrected chi connectivity index (χ2v) is 11.5. The van der Waals surface area contributed by atoms with Crippen molar-refractivity contribution in [2.75, 3.05) is 16.5 Å². The Kier molecular flexibility index (Phi) is 5.68. The molecule has 0 amide bonds. The highest BCUT2D eigenvalue weighted by Gasteiger charge is 2.18. The van der Waals surface area contributed by atoms with Gasteiger partial charge < -0.3 is 19.1 Å². The number of benzene rings is 5. The zero-order chi connectivity index (χ0) is 29.9. The number of hydrogen-bond donors (Lipinski definition) is 0. The summed E-state index contributed by atoms with van der Waals surface area (Å²) in [4.78, 5) is 9.45. The summed E-state index contributed by atoms with van der Waals surface area (Å²) in [6, 6.07) is 44.2. The van der Waals surface area contributed by atoms with Crippen molar-refractivity contribution in [1.82, 2.24) is 14.1 Å². The van der Waals surface area contributed by atoms with Gasteiger partial charge in [-0.1, -0.05) is 60.7 Å². The van der Waals surface area contributed by atoms with E-state index < -0.39 is 0 Å². The Labute approximate surface area is 260 Å². The minimum atomic E-state index is 0.744. The lowest BCUT2D eigenvalue weighted by molar-refractivity contribution is 0.483. The summed E-state index contributed by atoms with van der Waals surface area (Å²) < 4.78 is 11.0. The van der Waals surface area contributed by atoms with Crippen molar-refractivity contribution in [3.8, 4) is 17.3 Å². The van der Waals surface area contributed by atoms with E-state index in [1.54, 1.807) is 0 Å². The van der Waals surface area contributed by atoms with Crippen LogP contribution in [0, 0.1) is 0 Å². The van der Waals surface area contributed by atoms with Gasteiger partial charge in [0.2, 0.25) is 0 Å². The second-order valence-electron chi connectivity index (χ2n) is 11.5. The van der Waals surface area contributed by atoms with Gasteiger partial charge in [-0.15, -0.1) is 0 Å². The molecule has 0 radical (unpaired) electrons. The number of para-hydroxylation sites is 3. The van der Waals surface area contributed by atoms with Gasteiger partial charge >= 0.3 is 0 Å². The van der Waals surface area contributed by atoms with Crippen molar-refractivity contribution in [3.05, 3.63) is 146 Å². The number of nitrogens with zero attached hydrogens (tertiary/aromatic N) is 5. The van der Waals surface area contributed by atoms with E-state index in [0.29, 0.717) is 0 Å². The van der Waals surface area contributed by atoms with Gasteiger partial charge in [0.05, 0.1) is 23.2 Å². The van der Waals surface area contributed by atoms with Crippen LogP contribution in [0.2, 0.25) is 0 Å². The molecule has 6 nitrogen and oxygen atoms in total. The van der Waals surface area contributed by atoms with E-state index in [-0.39, 0.29) is 0 Å². The molecule has 0 N–H and O–H groups in total. The lowest BCUT2D eigenvalue weighted by atomic mass is 10.1. The fourth-order valence-electron chi connectivity index (χ4n) is 6.66. The number of anilines is 2. The summed E-state index contributed by atoms with van der Waals surface area (Å²) in [7, 11) is 2.12. The average Bonchev–Trinajstić information content (AvgIpc) is 3.79. The van der Waals surface area contributed by atoms with Crippen LogP contribution in [0.3, 0.4) is 0 Å². The number of pyridine rings is 1. The molecule has 0 atom stereocenters. The van der Waals surface area contributed by atoms with Gasteiger partial charge in [-0.25, -0.2) is 4.98 Å². The predicted octanol–water partition coefficient (Wildman–Crippen LogP) is 9.37.